The first-order chi connectivity index (χ1) is 20.7. The molecule has 2 heterocycles. The van der Waals surface area contributed by atoms with Crippen molar-refractivity contribution in [2.24, 2.45) is 0 Å². The van der Waals surface area contributed by atoms with Crippen LogP contribution in [0.3, 0.4) is 0 Å². The van der Waals surface area contributed by atoms with Crippen LogP contribution in [0, 0.1) is 6.92 Å². The lowest BCUT2D eigenvalue weighted by atomic mass is 10.0. The second kappa shape index (κ2) is 15.6. The standard InChI is InChI=1S/C30H41N5O6S2/c1-22-6-12-25(13-7-22)43(38,39)35-16-3-5-27(35)28(36)33-26(29(37)40-2)21-23-8-10-24(11-9-23)32-30(42)31-14-4-15-34-17-19-41-20-18-34/h6-13,26-27H,3-5,14-21H2,1-2H3,(H,33,36)(H2,31,32,42)/t26-,27-/m0/s1. The third-order valence-corrected chi connectivity index (χ3v) is 9.80. The van der Waals surface area contributed by atoms with Crippen molar-refractivity contribution in [2.75, 3.05) is 58.4 Å². The van der Waals surface area contributed by atoms with Crippen LogP contribution in [0.25, 0.3) is 0 Å². The summed E-state index contributed by atoms with van der Waals surface area (Å²) in [5.74, 6) is -1.13. The number of nitrogens with one attached hydrogen (secondary N) is 3. The molecule has 2 aromatic rings. The lowest BCUT2D eigenvalue weighted by Gasteiger charge is -2.26. The van der Waals surface area contributed by atoms with Gasteiger partial charge >= 0.3 is 5.97 Å². The van der Waals surface area contributed by atoms with E-state index in [0.717, 1.165) is 62.6 Å². The molecule has 2 fully saturated rings. The molecule has 2 saturated heterocycles. The largest absolute Gasteiger partial charge is 0.467 e. The molecule has 11 nitrogen and oxygen atoms in total. The molecule has 43 heavy (non-hydrogen) atoms. The highest BCUT2D eigenvalue weighted by molar-refractivity contribution is 7.89. The Morgan fingerprint density at radius 1 is 1.07 bits per heavy atom. The van der Waals surface area contributed by atoms with Gasteiger partial charge in [0.15, 0.2) is 5.11 Å². The van der Waals surface area contributed by atoms with Crippen LogP contribution in [-0.4, -0.2) is 99.7 Å². The molecule has 0 aliphatic carbocycles. The lowest BCUT2D eigenvalue weighted by molar-refractivity contribution is -0.145. The summed E-state index contributed by atoms with van der Waals surface area (Å²) in [5, 5.41) is 9.65. The summed E-state index contributed by atoms with van der Waals surface area (Å²) in [7, 11) is -2.61. The maximum absolute atomic E-state index is 13.3. The van der Waals surface area contributed by atoms with Gasteiger partial charge in [-0.25, -0.2) is 13.2 Å². The van der Waals surface area contributed by atoms with E-state index in [0.29, 0.717) is 18.0 Å². The van der Waals surface area contributed by atoms with E-state index in [-0.39, 0.29) is 17.9 Å². The van der Waals surface area contributed by atoms with Gasteiger partial charge in [0, 0.05) is 38.3 Å². The van der Waals surface area contributed by atoms with Crippen LogP contribution in [0.1, 0.15) is 30.4 Å². The number of aryl methyl sites for hydroxylation is 1. The van der Waals surface area contributed by atoms with Crippen molar-refractivity contribution in [1.29, 1.82) is 0 Å². The lowest BCUT2D eigenvalue weighted by Crippen LogP contribution is -2.51. The molecule has 4 rings (SSSR count). The normalized spacial score (nSPS) is 18.5. The predicted octanol–water partition coefficient (Wildman–Crippen LogP) is 2.06. The molecule has 2 aliphatic heterocycles. The second-order valence-corrected chi connectivity index (χ2v) is 13.1. The number of hydrogen-bond acceptors (Lipinski definition) is 8. The Morgan fingerprint density at radius 2 is 1.77 bits per heavy atom. The van der Waals surface area contributed by atoms with Crippen LogP contribution in [0.5, 0.6) is 0 Å². The van der Waals surface area contributed by atoms with Crippen LogP contribution in [0.2, 0.25) is 0 Å². The average molecular weight is 632 g/mol. The topological polar surface area (TPSA) is 129 Å². The van der Waals surface area contributed by atoms with Gasteiger partial charge in [-0.1, -0.05) is 29.8 Å². The van der Waals surface area contributed by atoms with E-state index in [1.54, 1.807) is 24.3 Å². The number of esters is 1. The zero-order chi connectivity index (χ0) is 30.8. The van der Waals surface area contributed by atoms with Crippen LogP contribution in [0.15, 0.2) is 53.4 Å². The van der Waals surface area contributed by atoms with Crippen molar-refractivity contribution in [3.8, 4) is 0 Å². The fourth-order valence-corrected chi connectivity index (χ4v) is 7.08. The molecule has 234 valence electrons. The quantitative estimate of drug-likeness (QED) is 0.182. The number of sulfonamides is 1. The van der Waals surface area contributed by atoms with Gasteiger partial charge < -0.3 is 25.4 Å². The molecule has 0 aromatic heterocycles. The van der Waals surface area contributed by atoms with Crippen LogP contribution in [0.4, 0.5) is 5.69 Å². The van der Waals surface area contributed by atoms with E-state index in [1.807, 2.05) is 31.2 Å². The number of ether oxygens (including phenoxy) is 2. The van der Waals surface area contributed by atoms with Gasteiger partial charge in [0.05, 0.1) is 25.2 Å². The summed E-state index contributed by atoms with van der Waals surface area (Å²) < 4.78 is 38.2. The maximum atomic E-state index is 13.3. The molecule has 0 spiro atoms. The first-order valence-electron chi connectivity index (χ1n) is 14.6. The predicted molar refractivity (Wildman–Crippen MR) is 168 cm³/mol. The first-order valence-corrected chi connectivity index (χ1v) is 16.4. The average Bonchev–Trinajstić information content (AvgIpc) is 3.52. The van der Waals surface area contributed by atoms with Gasteiger partial charge in [-0.3, -0.25) is 9.69 Å². The number of carbonyl (C=O) groups is 2. The van der Waals surface area contributed by atoms with Crippen molar-refractivity contribution in [2.45, 2.75) is 49.6 Å². The smallest absolute Gasteiger partial charge is 0.328 e. The number of thiocarbonyl (C=S) groups is 1. The van der Waals surface area contributed by atoms with Crippen molar-refractivity contribution in [1.82, 2.24) is 19.8 Å². The molecule has 0 saturated carbocycles. The van der Waals surface area contributed by atoms with Crippen molar-refractivity contribution >= 4 is 44.9 Å². The molecule has 2 atom stereocenters. The number of morpholine rings is 1. The third-order valence-electron chi connectivity index (χ3n) is 7.63. The molecule has 0 bridgehead atoms. The fraction of sp³-hybridized carbons (Fsp3) is 0.500. The summed E-state index contributed by atoms with van der Waals surface area (Å²) in [6.45, 7) is 7.36. The van der Waals surface area contributed by atoms with Crippen LogP contribution >= 0.6 is 12.2 Å². The molecular weight excluding hydrogens is 590 g/mol. The van der Waals surface area contributed by atoms with E-state index in [9.17, 15) is 18.0 Å². The number of amides is 1. The number of nitrogens with zero attached hydrogens (tertiary/aromatic N) is 2. The summed E-state index contributed by atoms with van der Waals surface area (Å²) in [5.41, 5.74) is 2.52. The van der Waals surface area contributed by atoms with Crippen LogP contribution < -0.4 is 16.0 Å². The number of hydrogen-bond donors (Lipinski definition) is 3. The SMILES string of the molecule is COC(=O)[C@H](Cc1ccc(NC(=S)NCCCN2CCOCC2)cc1)NC(=O)[C@@H]1CCCN1S(=O)(=O)c1ccc(C)cc1. The minimum Gasteiger partial charge on any atom is -0.467 e. The van der Waals surface area contributed by atoms with Crippen molar-refractivity contribution in [3.63, 3.8) is 0 Å². The Kier molecular flexibility index (Phi) is 11.9. The number of rotatable bonds is 12. The van der Waals surface area contributed by atoms with E-state index in [4.69, 9.17) is 21.7 Å². The molecule has 0 radical (unpaired) electrons. The Hall–Kier alpha value is -3.10. The minimum absolute atomic E-state index is 0.138. The van der Waals surface area contributed by atoms with Crippen molar-refractivity contribution in [3.05, 3.63) is 59.7 Å². The molecule has 0 unspecified atom stereocenters. The summed E-state index contributed by atoms with van der Waals surface area (Å²) in [6.07, 6.45) is 2.07. The van der Waals surface area contributed by atoms with Crippen molar-refractivity contribution < 1.29 is 27.5 Å². The van der Waals surface area contributed by atoms with E-state index >= 15 is 0 Å². The summed E-state index contributed by atoms with van der Waals surface area (Å²) >= 11 is 5.42. The molecular formula is C30H41N5O6S2. The van der Waals surface area contributed by atoms with Gasteiger partial charge in [-0.15, -0.1) is 0 Å². The number of carbonyl (C=O) groups excluding carboxylic acids is 2. The van der Waals surface area contributed by atoms with E-state index < -0.39 is 34.0 Å². The number of methoxy groups -OCH3 is 1. The Bertz CT molecular complexity index is 1350. The molecule has 3 N–H and O–H groups in total. The van der Waals surface area contributed by atoms with E-state index in [2.05, 4.69) is 20.9 Å². The molecule has 2 aromatic carbocycles. The Morgan fingerprint density at radius 3 is 2.44 bits per heavy atom. The second-order valence-electron chi connectivity index (χ2n) is 10.8. The number of benzene rings is 2. The molecule has 1 amide bonds. The summed E-state index contributed by atoms with van der Waals surface area (Å²) in [4.78, 5) is 28.5. The fourth-order valence-electron chi connectivity index (χ4n) is 5.20. The number of anilines is 1. The highest BCUT2D eigenvalue weighted by Crippen LogP contribution is 2.27. The van der Waals surface area contributed by atoms with Gasteiger partial charge in [-0.2, -0.15) is 4.31 Å². The van der Waals surface area contributed by atoms with E-state index in [1.165, 1.54) is 11.4 Å². The Labute approximate surface area is 259 Å². The third kappa shape index (κ3) is 9.19. The van der Waals surface area contributed by atoms with Gasteiger partial charge in [0.25, 0.3) is 0 Å². The van der Waals surface area contributed by atoms with Gasteiger partial charge in [-0.05, 0) is 74.8 Å². The monoisotopic (exact) mass is 631 g/mol. The van der Waals surface area contributed by atoms with Gasteiger partial charge in [0.1, 0.15) is 12.1 Å². The van der Waals surface area contributed by atoms with Crippen LogP contribution in [-0.2, 0) is 35.5 Å². The Balaban J connectivity index is 1.30. The highest BCUT2D eigenvalue weighted by Gasteiger charge is 2.40. The minimum atomic E-state index is -3.87. The molecule has 13 heteroatoms. The zero-order valence-electron chi connectivity index (χ0n) is 24.7. The summed E-state index contributed by atoms with van der Waals surface area (Å²) in [6, 6.07) is 12.0. The maximum Gasteiger partial charge on any atom is 0.328 e. The molecule has 2 aliphatic rings. The van der Waals surface area contributed by atoms with Gasteiger partial charge in [0.2, 0.25) is 15.9 Å². The first kappa shape index (κ1) is 32.8. The highest BCUT2D eigenvalue weighted by atomic mass is 32.2. The zero-order valence-corrected chi connectivity index (χ0v) is 26.3.